The Morgan fingerprint density at radius 1 is 1.38 bits per heavy atom. The third-order valence-corrected chi connectivity index (χ3v) is 5.41. The number of rotatable bonds is 4. The highest BCUT2D eigenvalue weighted by Crippen LogP contribution is 2.49. The van der Waals surface area contributed by atoms with Gasteiger partial charge in [0, 0.05) is 24.1 Å². The lowest BCUT2D eigenvalue weighted by Gasteiger charge is -2.36. The van der Waals surface area contributed by atoms with Crippen LogP contribution < -0.4 is 0 Å². The summed E-state index contributed by atoms with van der Waals surface area (Å²) in [6.07, 6.45) is 6.00. The Morgan fingerprint density at radius 2 is 2.25 bits per heavy atom. The molecule has 1 aliphatic carbocycles. The van der Waals surface area contributed by atoms with Gasteiger partial charge in [-0.1, -0.05) is 0 Å². The molecule has 5 nitrogen and oxygen atoms in total. The maximum absolute atomic E-state index is 13.0. The predicted octanol–water partition coefficient (Wildman–Crippen LogP) is 3.28. The van der Waals surface area contributed by atoms with Crippen molar-refractivity contribution in [1.29, 1.82) is 0 Å². The van der Waals surface area contributed by atoms with Crippen molar-refractivity contribution >= 4 is 5.91 Å². The summed E-state index contributed by atoms with van der Waals surface area (Å²) in [5.74, 6) is 1.66. The SMILES string of the molecule is Cc1cc(C)n(CC2CCCCN2C(=O)C2CC2c2ccco2)n1. The lowest BCUT2D eigenvalue weighted by atomic mass is 10.0. The first-order valence-corrected chi connectivity index (χ1v) is 8.98. The number of aryl methyl sites for hydroxylation is 2. The van der Waals surface area contributed by atoms with E-state index < -0.39 is 0 Å². The Balaban J connectivity index is 1.46. The molecule has 4 rings (SSSR count). The van der Waals surface area contributed by atoms with Crippen LogP contribution in [0.5, 0.6) is 0 Å². The van der Waals surface area contributed by atoms with E-state index in [1.807, 2.05) is 19.1 Å². The summed E-state index contributed by atoms with van der Waals surface area (Å²) < 4.78 is 7.54. The second-order valence-corrected chi connectivity index (χ2v) is 7.25. The monoisotopic (exact) mass is 327 g/mol. The lowest BCUT2D eigenvalue weighted by Crippen LogP contribution is -2.47. The molecular formula is C19H25N3O2. The van der Waals surface area contributed by atoms with Crippen LogP contribution in [0.1, 0.15) is 48.7 Å². The van der Waals surface area contributed by atoms with Crippen LogP contribution in [0.3, 0.4) is 0 Å². The zero-order valence-electron chi connectivity index (χ0n) is 14.4. The number of hydrogen-bond acceptors (Lipinski definition) is 3. The lowest BCUT2D eigenvalue weighted by molar-refractivity contribution is -0.136. The van der Waals surface area contributed by atoms with Crippen molar-refractivity contribution in [2.75, 3.05) is 6.54 Å². The predicted molar refractivity (Wildman–Crippen MR) is 90.6 cm³/mol. The van der Waals surface area contributed by atoms with E-state index in [1.165, 1.54) is 12.1 Å². The van der Waals surface area contributed by atoms with Crippen molar-refractivity contribution in [1.82, 2.24) is 14.7 Å². The van der Waals surface area contributed by atoms with Crippen LogP contribution in [-0.2, 0) is 11.3 Å². The van der Waals surface area contributed by atoms with Gasteiger partial charge in [-0.05, 0) is 57.7 Å². The molecule has 5 heteroatoms. The smallest absolute Gasteiger partial charge is 0.226 e. The highest BCUT2D eigenvalue weighted by Gasteiger charge is 2.48. The molecule has 24 heavy (non-hydrogen) atoms. The molecule has 0 spiro atoms. The maximum Gasteiger partial charge on any atom is 0.226 e. The molecule has 0 bridgehead atoms. The van der Waals surface area contributed by atoms with E-state index in [1.54, 1.807) is 6.26 Å². The van der Waals surface area contributed by atoms with Crippen molar-refractivity contribution < 1.29 is 9.21 Å². The minimum atomic E-state index is 0.109. The number of aromatic nitrogens is 2. The van der Waals surface area contributed by atoms with Gasteiger partial charge < -0.3 is 9.32 Å². The quantitative estimate of drug-likeness (QED) is 0.866. The Bertz CT molecular complexity index is 719. The van der Waals surface area contributed by atoms with Crippen LogP contribution in [0.25, 0.3) is 0 Å². The number of piperidine rings is 1. The Morgan fingerprint density at radius 3 is 2.96 bits per heavy atom. The van der Waals surface area contributed by atoms with E-state index in [-0.39, 0.29) is 17.9 Å². The molecule has 1 aliphatic heterocycles. The normalized spacial score (nSPS) is 26.6. The fourth-order valence-corrected chi connectivity index (χ4v) is 4.04. The van der Waals surface area contributed by atoms with E-state index >= 15 is 0 Å². The minimum absolute atomic E-state index is 0.109. The molecule has 0 radical (unpaired) electrons. The number of carbonyl (C=O) groups is 1. The molecule has 1 saturated heterocycles. The minimum Gasteiger partial charge on any atom is -0.469 e. The highest BCUT2D eigenvalue weighted by molar-refractivity contribution is 5.83. The molecule has 0 aromatic carbocycles. The number of carbonyl (C=O) groups excluding carboxylic acids is 1. The molecule has 3 atom stereocenters. The fraction of sp³-hybridized carbons (Fsp3) is 0.579. The van der Waals surface area contributed by atoms with Crippen LogP contribution in [-0.4, -0.2) is 33.2 Å². The first-order chi connectivity index (χ1) is 11.6. The summed E-state index contributed by atoms with van der Waals surface area (Å²) in [5.41, 5.74) is 2.21. The van der Waals surface area contributed by atoms with Gasteiger partial charge in [-0.2, -0.15) is 5.10 Å². The molecule has 2 aliphatic rings. The highest BCUT2D eigenvalue weighted by atomic mass is 16.3. The van der Waals surface area contributed by atoms with Gasteiger partial charge in [0.1, 0.15) is 5.76 Å². The summed E-state index contributed by atoms with van der Waals surface area (Å²) in [6.45, 7) is 5.79. The molecule has 1 amide bonds. The van der Waals surface area contributed by atoms with E-state index in [0.29, 0.717) is 5.91 Å². The third-order valence-electron chi connectivity index (χ3n) is 5.41. The summed E-state index contributed by atoms with van der Waals surface area (Å²) in [4.78, 5) is 15.1. The van der Waals surface area contributed by atoms with Gasteiger partial charge >= 0.3 is 0 Å². The average molecular weight is 327 g/mol. The van der Waals surface area contributed by atoms with Crippen molar-refractivity contribution in [3.63, 3.8) is 0 Å². The van der Waals surface area contributed by atoms with Gasteiger partial charge in [0.05, 0.1) is 24.5 Å². The van der Waals surface area contributed by atoms with Crippen molar-refractivity contribution in [3.8, 4) is 0 Å². The van der Waals surface area contributed by atoms with E-state index in [4.69, 9.17) is 4.42 Å². The average Bonchev–Trinajstić information content (AvgIpc) is 3.04. The van der Waals surface area contributed by atoms with Gasteiger partial charge in [0.2, 0.25) is 5.91 Å². The number of likely N-dealkylation sites (tertiary alicyclic amines) is 1. The first-order valence-electron chi connectivity index (χ1n) is 8.98. The van der Waals surface area contributed by atoms with Crippen LogP contribution in [0.2, 0.25) is 0 Å². The summed E-state index contributed by atoms with van der Waals surface area (Å²) in [6, 6.07) is 6.26. The third kappa shape index (κ3) is 2.87. The van der Waals surface area contributed by atoms with Crippen molar-refractivity contribution in [3.05, 3.63) is 41.6 Å². The van der Waals surface area contributed by atoms with E-state index in [9.17, 15) is 4.79 Å². The molecule has 2 aromatic rings. The molecule has 3 heterocycles. The van der Waals surface area contributed by atoms with Crippen molar-refractivity contribution in [2.45, 2.75) is 58.0 Å². The van der Waals surface area contributed by atoms with Gasteiger partial charge in [-0.3, -0.25) is 9.48 Å². The van der Waals surface area contributed by atoms with Gasteiger partial charge in [0.15, 0.2) is 0 Å². The van der Waals surface area contributed by atoms with Gasteiger partial charge in [0.25, 0.3) is 0 Å². The number of furan rings is 1. The Hall–Kier alpha value is -2.04. The topological polar surface area (TPSA) is 51.3 Å². The number of hydrogen-bond donors (Lipinski definition) is 0. The van der Waals surface area contributed by atoms with Gasteiger partial charge in [-0.25, -0.2) is 0 Å². The molecule has 2 fully saturated rings. The van der Waals surface area contributed by atoms with Crippen LogP contribution in [0, 0.1) is 19.8 Å². The first kappa shape index (κ1) is 15.5. The summed E-state index contributed by atoms with van der Waals surface area (Å²) in [7, 11) is 0. The van der Waals surface area contributed by atoms with E-state index in [2.05, 4.69) is 27.7 Å². The van der Waals surface area contributed by atoms with Gasteiger partial charge in [-0.15, -0.1) is 0 Å². The van der Waals surface area contributed by atoms with Crippen LogP contribution in [0.15, 0.2) is 28.9 Å². The van der Waals surface area contributed by atoms with Crippen molar-refractivity contribution in [2.24, 2.45) is 5.92 Å². The second kappa shape index (κ2) is 6.11. The number of amides is 1. The Kier molecular flexibility index (Phi) is 3.94. The summed E-state index contributed by atoms with van der Waals surface area (Å²) >= 11 is 0. The maximum atomic E-state index is 13.0. The van der Waals surface area contributed by atoms with Crippen LogP contribution >= 0.6 is 0 Å². The number of nitrogens with zero attached hydrogens (tertiary/aromatic N) is 3. The largest absolute Gasteiger partial charge is 0.469 e. The fourth-order valence-electron chi connectivity index (χ4n) is 4.04. The molecular weight excluding hydrogens is 302 g/mol. The molecule has 128 valence electrons. The molecule has 0 N–H and O–H groups in total. The molecule has 2 aromatic heterocycles. The zero-order chi connectivity index (χ0) is 16.7. The standard InChI is InChI=1S/C19H25N3O2/c1-13-10-14(2)22(20-13)12-15-6-3-4-8-21(15)19(23)17-11-16(17)18-7-5-9-24-18/h5,7,9-10,15-17H,3-4,6,8,11-12H2,1-2H3. The second-order valence-electron chi connectivity index (χ2n) is 7.25. The van der Waals surface area contributed by atoms with Crippen LogP contribution in [0.4, 0.5) is 0 Å². The molecule has 3 unspecified atom stereocenters. The molecule has 1 saturated carbocycles. The zero-order valence-corrected chi connectivity index (χ0v) is 14.4. The van der Waals surface area contributed by atoms with E-state index in [0.717, 1.165) is 43.8 Å². The Labute approximate surface area is 142 Å². The summed E-state index contributed by atoms with van der Waals surface area (Å²) in [5, 5.41) is 4.58.